The van der Waals surface area contributed by atoms with E-state index in [2.05, 4.69) is 29.9 Å². The zero-order valence-corrected chi connectivity index (χ0v) is 11.5. The molecule has 0 saturated heterocycles. The Labute approximate surface area is 108 Å². The molecule has 1 aromatic rings. The van der Waals surface area contributed by atoms with Crippen molar-refractivity contribution in [3.05, 3.63) is 16.4 Å². The average molecular weight is 255 g/mol. The van der Waals surface area contributed by atoms with Gasteiger partial charge in [-0.3, -0.25) is 9.58 Å². The summed E-state index contributed by atoms with van der Waals surface area (Å²) in [7, 11) is 0. The highest BCUT2D eigenvalue weighted by atomic mass is 35.5. The molecule has 5 heteroatoms. The van der Waals surface area contributed by atoms with Crippen LogP contribution >= 0.6 is 11.6 Å². The van der Waals surface area contributed by atoms with E-state index in [1.165, 1.54) is 0 Å². The lowest BCUT2D eigenvalue weighted by molar-refractivity contribution is 0.277. The molecule has 94 valence electrons. The van der Waals surface area contributed by atoms with E-state index in [9.17, 15) is 0 Å². The molecule has 0 bridgehead atoms. The SMILES string of the molecule is CCN(CCC#N)Cc1c(Cl)c(C)nn1CC. The van der Waals surface area contributed by atoms with Gasteiger partial charge in [0.05, 0.1) is 22.5 Å². The van der Waals surface area contributed by atoms with Gasteiger partial charge < -0.3 is 0 Å². The van der Waals surface area contributed by atoms with Crippen LogP contribution in [0.5, 0.6) is 0 Å². The van der Waals surface area contributed by atoms with E-state index in [0.29, 0.717) is 6.42 Å². The van der Waals surface area contributed by atoms with Crippen molar-refractivity contribution >= 4 is 11.6 Å². The van der Waals surface area contributed by atoms with Gasteiger partial charge in [0.25, 0.3) is 0 Å². The first-order chi connectivity index (χ1) is 8.13. The van der Waals surface area contributed by atoms with E-state index in [-0.39, 0.29) is 0 Å². The number of aryl methyl sites for hydroxylation is 2. The molecule has 0 atom stereocenters. The summed E-state index contributed by atoms with van der Waals surface area (Å²) >= 11 is 6.25. The summed E-state index contributed by atoms with van der Waals surface area (Å²) in [6.45, 7) is 9.32. The molecule has 0 aliphatic carbocycles. The molecule has 0 unspecified atom stereocenters. The van der Waals surface area contributed by atoms with Crippen LogP contribution in [0.15, 0.2) is 0 Å². The van der Waals surface area contributed by atoms with E-state index in [1.807, 2.05) is 11.6 Å². The minimum atomic E-state index is 0.546. The van der Waals surface area contributed by atoms with Crippen LogP contribution in [0.1, 0.15) is 31.7 Å². The van der Waals surface area contributed by atoms with E-state index >= 15 is 0 Å². The molecule has 0 amide bonds. The van der Waals surface area contributed by atoms with Crippen LogP contribution in [0.4, 0.5) is 0 Å². The Morgan fingerprint density at radius 3 is 2.71 bits per heavy atom. The van der Waals surface area contributed by atoms with Crippen molar-refractivity contribution in [1.29, 1.82) is 5.26 Å². The lowest BCUT2D eigenvalue weighted by Gasteiger charge is -2.19. The first-order valence-corrected chi connectivity index (χ1v) is 6.32. The Balaban J connectivity index is 2.81. The third-order valence-corrected chi connectivity index (χ3v) is 3.30. The quantitative estimate of drug-likeness (QED) is 0.784. The molecular formula is C12H19ClN4. The molecule has 0 aliphatic rings. The lowest BCUT2D eigenvalue weighted by Crippen LogP contribution is -2.25. The smallest absolute Gasteiger partial charge is 0.0860 e. The van der Waals surface area contributed by atoms with Crippen LogP contribution in [0.25, 0.3) is 0 Å². The zero-order valence-electron chi connectivity index (χ0n) is 10.7. The van der Waals surface area contributed by atoms with E-state index < -0.39 is 0 Å². The molecule has 0 aromatic carbocycles. The first kappa shape index (κ1) is 14.0. The van der Waals surface area contributed by atoms with Crippen LogP contribution in [0.3, 0.4) is 0 Å². The van der Waals surface area contributed by atoms with Crippen molar-refractivity contribution in [1.82, 2.24) is 14.7 Å². The molecule has 0 spiro atoms. The summed E-state index contributed by atoms with van der Waals surface area (Å²) in [5, 5.41) is 13.8. The minimum Gasteiger partial charge on any atom is -0.297 e. The third-order valence-electron chi connectivity index (χ3n) is 2.81. The van der Waals surface area contributed by atoms with Crippen molar-refractivity contribution in [2.24, 2.45) is 0 Å². The third kappa shape index (κ3) is 3.45. The van der Waals surface area contributed by atoms with Crippen LogP contribution < -0.4 is 0 Å². The molecule has 1 heterocycles. The van der Waals surface area contributed by atoms with Gasteiger partial charge in [-0.15, -0.1) is 0 Å². The Bertz CT molecular complexity index is 405. The van der Waals surface area contributed by atoms with Crippen molar-refractivity contribution in [2.75, 3.05) is 13.1 Å². The first-order valence-electron chi connectivity index (χ1n) is 5.95. The van der Waals surface area contributed by atoms with Crippen molar-refractivity contribution in [2.45, 2.75) is 40.3 Å². The molecule has 0 fully saturated rings. The molecule has 0 aliphatic heterocycles. The lowest BCUT2D eigenvalue weighted by atomic mass is 10.3. The normalized spacial score (nSPS) is 10.8. The molecule has 1 rings (SSSR count). The number of nitriles is 1. The fourth-order valence-corrected chi connectivity index (χ4v) is 1.98. The summed E-state index contributed by atoms with van der Waals surface area (Å²) in [4.78, 5) is 2.21. The minimum absolute atomic E-state index is 0.546. The summed E-state index contributed by atoms with van der Waals surface area (Å²) in [5.74, 6) is 0. The average Bonchev–Trinajstić information content (AvgIpc) is 2.61. The maximum absolute atomic E-state index is 8.62. The molecule has 1 aromatic heterocycles. The Hall–Kier alpha value is -1.05. The topological polar surface area (TPSA) is 44.9 Å². The second kappa shape index (κ2) is 6.63. The largest absolute Gasteiger partial charge is 0.297 e. The summed E-state index contributed by atoms with van der Waals surface area (Å²) in [6.07, 6.45) is 0.546. The number of aromatic nitrogens is 2. The number of nitrogens with zero attached hydrogens (tertiary/aromatic N) is 4. The van der Waals surface area contributed by atoms with Crippen LogP contribution in [0, 0.1) is 18.3 Å². The van der Waals surface area contributed by atoms with Gasteiger partial charge in [0.2, 0.25) is 0 Å². The molecular weight excluding hydrogens is 236 g/mol. The highest BCUT2D eigenvalue weighted by Crippen LogP contribution is 2.21. The summed E-state index contributed by atoms with van der Waals surface area (Å²) in [5.41, 5.74) is 1.92. The second-order valence-electron chi connectivity index (χ2n) is 3.94. The summed E-state index contributed by atoms with van der Waals surface area (Å²) in [6, 6.07) is 2.17. The van der Waals surface area contributed by atoms with E-state index in [1.54, 1.807) is 0 Å². The van der Waals surface area contributed by atoms with Crippen molar-refractivity contribution in [3.8, 4) is 6.07 Å². The molecule has 17 heavy (non-hydrogen) atoms. The van der Waals surface area contributed by atoms with Gasteiger partial charge >= 0.3 is 0 Å². The Morgan fingerprint density at radius 1 is 1.47 bits per heavy atom. The van der Waals surface area contributed by atoms with Gasteiger partial charge in [0.1, 0.15) is 0 Å². The number of hydrogen-bond acceptors (Lipinski definition) is 3. The van der Waals surface area contributed by atoms with E-state index in [0.717, 1.165) is 42.6 Å². The second-order valence-corrected chi connectivity index (χ2v) is 4.32. The predicted molar refractivity (Wildman–Crippen MR) is 68.8 cm³/mol. The highest BCUT2D eigenvalue weighted by Gasteiger charge is 2.15. The Morgan fingerprint density at radius 2 is 2.18 bits per heavy atom. The van der Waals surface area contributed by atoms with Gasteiger partial charge in [0.15, 0.2) is 0 Å². The zero-order chi connectivity index (χ0) is 12.8. The standard InChI is InChI=1S/C12H19ClN4/c1-4-16(8-6-7-14)9-11-12(13)10(3)15-17(11)5-2/h4-6,8-9H2,1-3H3. The molecule has 0 radical (unpaired) electrons. The number of hydrogen-bond donors (Lipinski definition) is 0. The predicted octanol–water partition coefficient (Wildman–Crippen LogP) is 2.60. The van der Waals surface area contributed by atoms with Gasteiger partial charge in [0, 0.05) is 26.1 Å². The van der Waals surface area contributed by atoms with Gasteiger partial charge in [-0.2, -0.15) is 10.4 Å². The Kier molecular flexibility index (Phi) is 5.46. The maximum atomic E-state index is 8.62. The number of rotatable bonds is 6. The van der Waals surface area contributed by atoms with Crippen molar-refractivity contribution < 1.29 is 0 Å². The summed E-state index contributed by atoms with van der Waals surface area (Å²) < 4.78 is 1.94. The molecule has 4 nitrogen and oxygen atoms in total. The van der Waals surface area contributed by atoms with Crippen LogP contribution in [-0.2, 0) is 13.1 Å². The molecule has 0 N–H and O–H groups in total. The van der Waals surface area contributed by atoms with E-state index in [4.69, 9.17) is 16.9 Å². The van der Waals surface area contributed by atoms with Crippen LogP contribution in [0.2, 0.25) is 5.02 Å². The van der Waals surface area contributed by atoms with Crippen LogP contribution in [-0.4, -0.2) is 27.8 Å². The van der Waals surface area contributed by atoms with Gasteiger partial charge in [-0.25, -0.2) is 0 Å². The molecule has 0 saturated carbocycles. The maximum Gasteiger partial charge on any atom is 0.0860 e. The van der Waals surface area contributed by atoms with Gasteiger partial charge in [-0.1, -0.05) is 18.5 Å². The van der Waals surface area contributed by atoms with Crippen molar-refractivity contribution in [3.63, 3.8) is 0 Å². The fraction of sp³-hybridized carbons (Fsp3) is 0.667. The monoisotopic (exact) mass is 254 g/mol. The fourth-order valence-electron chi connectivity index (χ4n) is 1.79. The number of halogens is 1. The highest BCUT2D eigenvalue weighted by molar-refractivity contribution is 6.31. The van der Waals surface area contributed by atoms with Gasteiger partial charge in [-0.05, 0) is 20.4 Å².